The van der Waals surface area contributed by atoms with Crippen LogP contribution in [0, 0.1) is 18.7 Å². The molecule has 9 heteroatoms. The largest absolute Gasteiger partial charge is 0.493 e. The third kappa shape index (κ3) is 4.44. The van der Waals surface area contributed by atoms with E-state index in [2.05, 4.69) is 32.0 Å². The van der Waals surface area contributed by atoms with E-state index in [1.165, 1.54) is 20.3 Å². The van der Waals surface area contributed by atoms with Gasteiger partial charge in [0.15, 0.2) is 17.3 Å². The number of aryl methyl sites for hydroxylation is 1. The molecule has 35 heavy (non-hydrogen) atoms. The average Bonchev–Trinajstić information content (AvgIpc) is 3.48. The van der Waals surface area contributed by atoms with Crippen LogP contribution in [-0.2, 0) is 4.79 Å². The second-order valence-electron chi connectivity index (χ2n) is 8.55. The summed E-state index contributed by atoms with van der Waals surface area (Å²) in [5, 5.41) is 16.8. The maximum Gasteiger partial charge on any atom is 0.228 e. The van der Waals surface area contributed by atoms with Crippen molar-refractivity contribution in [1.82, 2.24) is 20.6 Å². The lowest BCUT2D eigenvalue weighted by Gasteiger charge is -2.15. The summed E-state index contributed by atoms with van der Waals surface area (Å²) in [7, 11) is 3.05. The summed E-state index contributed by atoms with van der Waals surface area (Å²) in [6.07, 6.45) is 0.764. The predicted molar refractivity (Wildman–Crippen MR) is 129 cm³/mol. The number of rotatable bonds is 7. The fourth-order valence-electron chi connectivity index (χ4n) is 4.41. The van der Waals surface area contributed by atoms with Crippen molar-refractivity contribution >= 4 is 11.6 Å². The highest BCUT2D eigenvalue weighted by atomic mass is 19.1. The van der Waals surface area contributed by atoms with Gasteiger partial charge in [0.2, 0.25) is 5.91 Å². The van der Waals surface area contributed by atoms with Crippen molar-refractivity contribution in [3.05, 3.63) is 71.5 Å². The summed E-state index contributed by atoms with van der Waals surface area (Å²) in [6, 6.07) is 16.2. The fourth-order valence-corrected chi connectivity index (χ4v) is 4.41. The summed E-state index contributed by atoms with van der Waals surface area (Å²) in [5.41, 5.74) is 3.86. The first-order chi connectivity index (χ1) is 17.0. The standard InChI is InChI=1S/C26H24FN5O3/c1-14-5-4-6-15(9-14)18-13-19(18)26(33)28-17-11-20(25-29-31-32-30-25)24(21(27)12-17)16-7-8-22(34-2)23(10-16)35-3/h4-12,18-19H,13H2,1-3H3,(H,28,33)(H,29,30,31,32)/t18-,19+/m0/s1. The maximum atomic E-state index is 15.6. The second kappa shape index (κ2) is 9.17. The number of carbonyl (C=O) groups is 1. The van der Waals surface area contributed by atoms with Gasteiger partial charge in [-0.2, -0.15) is 0 Å². The number of nitrogens with one attached hydrogen (secondary N) is 2. The van der Waals surface area contributed by atoms with Gasteiger partial charge in [0.05, 0.1) is 14.2 Å². The van der Waals surface area contributed by atoms with E-state index in [9.17, 15) is 4.79 Å². The number of aromatic nitrogens is 4. The third-order valence-corrected chi connectivity index (χ3v) is 6.23. The van der Waals surface area contributed by atoms with Gasteiger partial charge in [-0.15, -0.1) is 5.10 Å². The van der Waals surface area contributed by atoms with Gasteiger partial charge in [-0.05, 0) is 65.1 Å². The lowest BCUT2D eigenvalue weighted by atomic mass is 9.97. The van der Waals surface area contributed by atoms with Gasteiger partial charge in [-0.1, -0.05) is 35.9 Å². The Labute approximate surface area is 201 Å². The molecule has 1 fully saturated rings. The number of methoxy groups -OCH3 is 2. The predicted octanol–water partition coefficient (Wildman–Crippen LogP) is 4.74. The minimum Gasteiger partial charge on any atom is -0.493 e. The minimum atomic E-state index is -0.535. The summed E-state index contributed by atoms with van der Waals surface area (Å²) >= 11 is 0. The Morgan fingerprint density at radius 2 is 1.91 bits per heavy atom. The SMILES string of the molecule is COc1ccc(-c2c(F)cc(NC(=O)[C@@H]3C[C@H]3c3cccc(C)c3)cc2-c2nnn[nH]2)cc1OC. The molecular formula is C26H24FN5O3. The molecule has 8 nitrogen and oxygen atoms in total. The molecule has 2 N–H and O–H groups in total. The van der Waals surface area contributed by atoms with E-state index < -0.39 is 5.82 Å². The van der Waals surface area contributed by atoms with Crippen LogP contribution in [0.3, 0.4) is 0 Å². The van der Waals surface area contributed by atoms with Crippen LogP contribution in [0.5, 0.6) is 11.5 Å². The molecule has 0 bridgehead atoms. The average molecular weight is 474 g/mol. The van der Waals surface area contributed by atoms with Gasteiger partial charge in [-0.25, -0.2) is 9.49 Å². The third-order valence-electron chi connectivity index (χ3n) is 6.23. The van der Waals surface area contributed by atoms with Crippen LogP contribution in [0.25, 0.3) is 22.5 Å². The molecule has 3 aromatic carbocycles. The van der Waals surface area contributed by atoms with E-state index >= 15 is 4.39 Å². The molecule has 1 aromatic heterocycles. The lowest BCUT2D eigenvalue weighted by Crippen LogP contribution is -2.15. The molecule has 5 rings (SSSR count). The zero-order valence-electron chi connectivity index (χ0n) is 19.5. The molecule has 1 heterocycles. The number of hydrogen-bond donors (Lipinski definition) is 2. The van der Waals surface area contributed by atoms with E-state index in [-0.39, 0.29) is 29.1 Å². The van der Waals surface area contributed by atoms with Gasteiger partial charge in [0.25, 0.3) is 0 Å². The molecule has 0 spiro atoms. The minimum absolute atomic E-state index is 0.142. The number of benzene rings is 3. The zero-order chi connectivity index (χ0) is 24.5. The number of tetrazole rings is 1. The first-order valence-electron chi connectivity index (χ1n) is 11.2. The summed E-state index contributed by atoms with van der Waals surface area (Å²) in [6.45, 7) is 2.03. The highest BCUT2D eigenvalue weighted by Gasteiger charge is 2.44. The smallest absolute Gasteiger partial charge is 0.228 e. The van der Waals surface area contributed by atoms with Crippen LogP contribution in [0.15, 0.2) is 54.6 Å². The molecule has 0 aliphatic heterocycles. The van der Waals surface area contributed by atoms with E-state index in [0.29, 0.717) is 28.3 Å². The van der Waals surface area contributed by atoms with E-state index in [1.807, 2.05) is 25.1 Å². The normalized spacial score (nSPS) is 16.6. The summed E-state index contributed by atoms with van der Waals surface area (Å²) < 4.78 is 26.2. The molecule has 1 saturated carbocycles. The Morgan fingerprint density at radius 3 is 2.63 bits per heavy atom. The number of ether oxygens (including phenoxy) is 2. The van der Waals surface area contributed by atoms with Crippen LogP contribution < -0.4 is 14.8 Å². The number of amides is 1. The molecule has 1 amide bonds. The first kappa shape index (κ1) is 22.5. The first-order valence-corrected chi connectivity index (χ1v) is 11.2. The zero-order valence-corrected chi connectivity index (χ0v) is 19.5. The molecule has 1 aliphatic rings. The number of aromatic amines is 1. The van der Waals surface area contributed by atoms with Gasteiger partial charge in [0.1, 0.15) is 5.82 Å². The molecule has 0 unspecified atom stereocenters. The van der Waals surface area contributed by atoms with Crippen LogP contribution in [0.4, 0.5) is 10.1 Å². The molecule has 4 aromatic rings. The Morgan fingerprint density at radius 1 is 1.09 bits per heavy atom. The van der Waals surface area contributed by atoms with Crippen molar-refractivity contribution in [3.8, 4) is 34.0 Å². The summed E-state index contributed by atoms with van der Waals surface area (Å²) in [4.78, 5) is 12.9. The topological polar surface area (TPSA) is 102 Å². The van der Waals surface area contributed by atoms with Crippen LogP contribution in [0.1, 0.15) is 23.5 Å². The number of nitrogens with zero attached hydrogens (tertiary/aromatic N) is 3. The Hall–Kier alpha value is -4.27. The van der Waals surface area contributed by atoms with E-state index in [1.54, 1.807) is 24.3 Å². The molecule has 0 saturated heterocycles. The lowest BCUT2D eigenvalue weighted by molar-refractivity contribution is -0.117. The van der Waals surface area contributed by atoms with E-state index in [4.69, 9.17) is 9.47 Å². The number of carbonyl (C=O) groups excluding carboxylic acids is 1. The van der Waals surface area contributed by atoms with Crippen molar-refractivity contribution in [2.24, 2.45) is 5.92 Å². The van der Waals surface area contributed by atoms with E-state index in [0.717, 1.165) is 17.5 Å². The molecule has 178 valence electrons. The fraction of sp³-hybridized carbons (Fsp3) is 0.231. The summed E-state index contributed by atoms with van der Waals surface area (Å²) in [5.74, 6) is 0.595. The Kier molecular flexibility index (Phi) is 5.90. The van der Waals surface area contributed by atoms with Crippen molar-refractivity contribution in [2.75, 3.05) is 19.5 Å². The maximum absolute atomic E-state index is 15.6. The molecule has 0 radical (unpaired) electrons. The molecule has 1 aliphatic carbocycles. The molecular weight excluding hydrogens is 449 g/mol. The number of hydrogen-bond acceptors (Lipinski definition) is 6. The quantitative estimate of drug-likeness (QED) is 0.402. The highest BCUT2D eigenvalue weighted by Crippen LogP contribution is 2.48. The van der Waals surface area contributed by atoms with Crippen molar-refractivity contribution in [2.45, 2.75) is 19.3 Å². The van der Waals surface area contributed by atoms with Crippen molar-refractivity contribution in [3.63, 3.8) is 0 Å². The monoisotopic (exact) mass is 473 g/mol. The second-order valence-corrected chi connectivity index (χ2v) is 8.55. The molecule has 2 atom stereocenters. The Bertz CT molecular complexity index is 1390. The van der Waals surface area contributed by atoms with Crippen LogP contribution in [-0.4, -0.2) is 40.8 Å². The number of halogens is 1. The van der Waals surface area contributed by atoms with Crippen molar-refractivity contribution in [1.29, 1.82) is 0 Å². The van der Waals surface area contributed by atoms with Gasteiger partial charge >= 0.3 is 0 Å². The van der Waals surface area contributed by atoms with Crippen LogP contribution >= 0.6 is 0 Å². The number of H-pyrrole nitrogens is 1. The number of anilines is 1. The van der Waals surface area contributed by atoms with Crippen molar-refractivity contribution < 1.29 is 18.7 Å². The Balaban J connectivity index is 1.46. The van der Waals surface area contributed by atoms with Gasteiger partial charge < -0.3 is 14.8 Å². The highest BCUT2D eigenvalue weighted by molar-refractivity contribution is 5.97. The van der Waals surface area contributed by atoms with Gasteiger partial charge in [0, 0.05) is 22.7 Å². The van der Waals surface area contributed by atoms with Crippen LogP contribution in [0.2, 0.25) is 0 Å². The van der Waals surface area contributed by atoms with Gasteiger partial charge in [-0.3, -0.25) is 4.79 Å².